The molecule has 116 valence electrons. The minimum atomic E-state index is -0.0679. The zero-order valence-electron chi connectivity index (χ0n) is 13.2. The average Bonchev–Trinajstić information content (AvgIpc) is 2.64. The number of fused-ring (bicyclic) bond motifs is 1. The lowest BCUT2D eigenvalue weighted by molar-refractivity contribution is 0.973. The monoisotopic (exact) mass is 313 g/mol. The molecule has 0 saturated carbocycles. The van der Waals surface area contributed by atoms with Gasteiger partial charge in [0.2, 0.25) is 0 Å². The van der Waals surface area contributed by atoms with Gasteiger partial charge in [0.1, 0.15) is 5.82 Å². The molecule has 0 atom stereocenters. The first-order chi connectivity index (χ1) is 11.8. The van der Waals surface area contributed by atoms with Gasteiger partial charge in [0, 0.05) is 18.0 Å². The standard InChI is InChI=1S/C20H15N3O/c1-14-6-5-9-17-18(14)22-19(15-10-12-21-13-11-15)23(20(17)24)16-7-3-2-4-8-16/h2-13H,1H3. The third-order valence-electron chi connectivity index (χ3n) is 4.05. The van der Waals surface area contributed by atoms with Crippen molar-refractivity contribution in [2.24, 2.45) is 0 Å². The molecule has 2 aromatic carbocycles. The lowest BCUT2D eigenvalue weighted by Gasteiger charge is -2.14. The first kappa shape index (κ1) is 14.3. The average molecular weight is 313 g/mol. The molecule has 0 spiro atoms. The quantitative estimate of drug-likeness (QED) is 0.566. The molecule has 0 aliphatic rings. The summed E-state index contributed by atoms with van der Waals surface area (Å²) >= 11 is 0. The number of benzene rings is 2. The van der Waals surface area contributed by atoms with Gasteiger partial charge in [-0.3, -0.25) is 14.3 Å². The van der Waals surface area contributed by atoms with E-state index in [2.05, 4.69) is 4.98 Å². The van der Waals surface area contributed by atoms with Crippen LogP contribution in [0.4, 0.5) is 0 Å². The number of pyridine rings is 1. The van der Waals surface area contributed by atoms with Gasteiger partial charge in [-0.2, -0.15) is 0 Å². The highest BCUT2D eigenvalue weighted by atomic mass is 16.1. The highest BCUT2D eigenvalue weighted by Gasteiger charge is 2.15. The number of hydrogen-bond donors (Lipinski definition) is 0. The van der Waals surface area contributed by atoms with Gasteiger partial charge in [-0.05, 0) is 42.8 Å². The van der Waals surface area contributed by atoms with Gasteiger partial charge in [0.25, 0.3) is 5.56 Å². The molecule has 0 saturated heterocycles. The molecule has 4 heteroatoms. The number of rotatable bonds is 2. The predicted molar refractivity (Wildman–Crippen MR) is 95.3 cm³/mol. The van der Waals surface area contributed by atoms with E-state index in [0.717, 1.165) is 22.3 Å². The summed E-state index contributed by atoms with van der Waals surface area (Å²) in [6.07, 6.45) is 3.41. The minimum absolute atomic E-state index is 0.0679. The molecular weight excluding hydrogens is 298 g/mol. The molecule has 24 heavy (non-hydrogen) atoms. The zero-order chi connectivity index (χ0) is 16.5. The fraction of sp³-hybridized carbons (Fsp3) is 0.0500. The van der Waals surface area contributed by atoms with E-state index in [9.17, 15) is 4.79 Å². The molecule has 0 amide bonds. The first-order valence-electron chi connectivity index (χ1n) is 7.74. The molecule has 0 N–H and O–H groups in total. The van der Waals surface area contributed by atoms with Crippen molar-refractivity contribution < 1.29 is 0 Å². The zero-order valence-corrected chi connectivity index (χ0v) is 13.2. The Morgan fingerprint density at radius 2 is 1.62 bits per heavy atom. The largest absolute Gasteiger partial charge is 0.268 e. The van der Waals surface area contributed by atoms with E-state index in [0.29, 0.717) is 11.2 Å². The van der Waals surface area contributed by atoms with Crippen LogP contribution in [0.1, 0.15) is 5.56 Å². The van der Waals surface area contributed by atoms with Crippen molar-refractivity contribution in [3.63, 3.8) is 0 Å². The van der Waals surface area contributed by atoms with E-state index in [-0.39, 0.29) is 5.56 Å². The summed E-state index contributed by atoms with van der Waals surface area (Å²) in [4.78, 5) is 22.1. The van der Waals surface area contributed by atoms with Crippen molar-refractivity contribution in [3.05, 3.63) is 89.0 Å². The number of hydrogen-bond acceptors (Lipinski definition) is 3. The second-order valence-electron chi connectivity index (χ2n) is 5.62. The lowest BCUT2D eigenvalue weighted by atomic mass is 10.1. The van der Waals surface area contributed by atoms with Crippen LogP contribution >= 0.6 is 0 Å². The molecule has 0 unspecified atom stereocenters. The normalized spacial score (nSPS) is 10.9. The molecule has 4 rings (SSSR count). The number of nitrogens with zero attached hydrogens (tertiary/aromatic N) is 3. The molecule has 0 aliphatic carbocycles. The molecule has 4 aromatic rings. The van der Waals surface area contributed by atoms with Gasteiger partial charge in [0.15, 0.2) is 0 Å². The SMILES string of the molecule is Cc1cccc2c(=O)n(-c3ccccc3)c(-c3ccncc3)nc12. The van der Waals surface area contributed by atoms with E-state index in [1.165, 1.54) is 0 Å². The Kier molecular flexibility index (Phi) is 3.43. The summed E-state index contributed by atoms with van der Waals surface area (Å²) in [6.45, 7) is 1.97. The summed E-state index contributed by atoms with van der Waals surface area (Å²) in [7, 11) is 0. The molecule has 0 aliphatic heterocycles. The van der Waals surface area contributed by atoms with Crippen molar-refractivity contribution in [2.75, 3.05) is 0 Å². The maximum absolute atomic E-state index is 13.2. The van der Waals surface area contributed by atoms with Crippen LogP contribution in [0.15, 0.2) is 77.9 Å². The topological polar surface area (TPSA) is 47.8 Å². The van der Waals surface area contributed by atoms with Gasteiger partial charge < -0.3 is 0 Å². The maximum Gasteiger partial charge on any atom is 0.266 e. The van der Waals surface area contributed by atoms with E-state index in [4.69, 9.17) is 4.98 Å². The van der Waals surface area contributed by atoms with Crippen LogP contribution in [-0.4, -0.2) is 14.5 Å². The smallest absolute Gasteiger partial charge is 0.266 e. The van der Waals surface area contributed by atoms with E-state index in [1.807, 2.05) is 67.6 Å². The van der Waals surface area contributed by atoms with E-state index >= 15 is 0 Å². The Labute approximate surface area is 139 Å². The van der Waals surface area contributed by atoms with Gasteiger partial charge in [-0.25, -0.2) is 4.98 Å². The molecule has 0 bridgehead atoms. The van der Waals surface area contributed by atoms with Gasteiger partial charge in [0.05, 0.1) is 16.6 Å². The summed E-state index contributed by atoms with van der Waals surface area (Å²) in [5.74, 6) is 0.621. The van der Waals surface area contributed by atoms with Crippen molar-refractivity contribution in [3.8, 4) is 17.1 Å². The van der Waals surface area contributed by atoms with Crippen LogP contribution in [0.3, 0.4) is 0 Å². The Hall–Kier alpha value is -3.27. The summed E-state index contributed by atoms with van der Waals surface area (Å²) < 4.78 is 1.66. The summed E-state index contributed by atoms with van der Waals surface area (Å²) in [6, 6.07) is 19.0. The number of aromatic nitrogens is 3. The molecule has 2 heterocycles. The van der Waals surface area contributed by atoms with Crippen LogP contribution in [0, 0.1) is 6.92 Å². The molecular formula is C20H15N3O. The lowest BCUT2D eigenvalue weighted by Crippen LogP contribution is -2.22. The Balaban J connectivity index is 2.16. The first-order valence-corrected chi connectivity index (χ1v) is 7.74. The second kappa shape index (κ2) is 5.74. The molecule has 2 aromatic heterocycles. The summed E-state index contributed by atoms with van der Waals surface area (Å²) in [5.41, 5.74) is 3.31. The van der Waals surface area contributed by atoms with Crippen molar-refractivity contribution in [1.82, 2.24) is 14.5 Å². The molecule has 4 nitrogen and oxygen atoms in total. The van der Waals surface area contributed by atoms with Crippen LogP contribution in [-0.2, 0) is 0 Å². The van der Waals surface area contributed by atoms with Crippen molar-refractivity contribution >= 4 is 10.9 Å². The predicted octanol–water partition coefficient (Wildman–Crippen LogP) is 3.76. The maximum atomic E-state index is 13.2. The van der Waals surface area contributed by atoms with Crippen LogP contribution in [0.25, 0.3) is 28.0 Å². The van der Waals surface area contributed by atoms with Crippen molar-refractivity contribution in [2.45, 2.75) is 6.92 Å². The second-order valence-corrected chi connectivity index (χ2v) is 5.62. The van der Waals surface area contributed by atoms with Crippen LogP contribution < -0.4 is 5.56 Å². The third kappa shape index (κ3) is 2.29. The number of para-hydroxylation sites is 2. The fourth-order valence-corrected chi connectivity index (χ4v) is 2.86. The molecule has 0 fully saturated rings. The van der Waals surface area contributed by atoms with Gasteiger partial charge in [-0.15, -0.1) is 0 Å². The van der Waals surface area contributed by atoms with Crippen molar-refractivity contribution in [1.29, 1.82) is 0 Å². The Morgan fingerprint density at radius 1 is 0.875 bits per heavy atom. The Bertz CT molecular complexity index is 1070. The summed E-state index contributed by atoms with van der Waals surface area (Å²) in [5, 5.41) is 0.622. The van der Waals surface area contributed by atoms with Crippen LogP contribution in [0.5, 0.6) is 0 Å². The minimum Gasteiger partial charge on any atom is -0.268 e. The number of aryl methyl sites for hydroxylation is 1. The van der Waals surface area contributed by atoms with E-state index < -0.39 is 0 Å². The van der Waals surface area contributed by atoms with Gasteiger partial charge in [-0.1, -0.05) is 30.3 Å². The Morgan fingerprint density at radius 3 is 2.38 bits per heavy atom. The third-order valence-corrected chi connectivity index (χ3v) is 4.05. The van der Waals surface area contributed by atoms with Crippen LogP contribution in [0.2, 0.25) is 0 Å². The highest BCUT2D eigenvalue weighted by molar-refractivity contribution is 5.83. The highest BCUT2D eigenvalue weighted by Crippen LogP contribution is 2.22. The molecule has 0 radical (unpaired) electrons. The van der Waals surface area contributed by atoms with E-state index in [1.54, 1.807) is 17.0 Å². The van der Waals surface area contributed by atoms with Gasteiger partial charge >= 0.3 is 0 Å². The fourth-order valence-electron chi connectivity index (χ4n) is 2.86.